The van der Waals surface area contributed by atoms with Crippen molar-refractivity contribution < 1.29 is 27.0 Å². The van der Waals surface area contributed by atoms with Crippen molar-refractivity contribution in [3.8, 4) is 39.7 Å². The van der Waals surface area contributed by atoms with Crippen LogP contribution in [0.5, 0.6) is 11.5 Å². The second-order valence-electron chi connectivity index (χ2n) is 7.40. The van der Waals surface area contributed by atoms with Gasteiger partial charge in [-0.15, -0.1) is 0 Å². The molecule has 0 fully saturated rings. The highest BCUT2D eigenvalue weighted by Crippen LogP contribution is 2.31. The molecule has 0 saturated carbocycles. The second kappa shape index (κ2) is 9.36. The normalized spacial score (nSPS) is 11.3. The van der Waals surface area contributed by atoms with Gasteiger partial charge in [0.2, 0.25) is 0 Å². The Morgan fingerprint density at radius 1 is 0.667 bits per heavy atom. The molecule has 0 bridgehead atoms. The van der Waals surface area contributed by atoms with Gasteiger partial charge in [0.25, 0.3) is 0 Å². The van der Waals surface area contributed by atoms with Crippen molar-refractivity contribution in [1.29, 1.82) is 0 Å². The topological polar surface area (TPSA) is 36.3 Å². The zero-order valence-electron chi connectivity index (χ0n) is 17.8. The third-order valence-electron chi connectivity index (χ3n) is 5.19. The molecule has 8 heteroatoms. The van der Waals surface area contributed by atoms with Crippen LogP contribution in [0.3, 0.4) is 0 Å². The van der Waals surface area contributed by atoms with Gasteiger partial charge in [-0.05, 0) is 91.7 Å². The SMILES string of the molecule is Cc1ccc(-n2nc(-c3ccc(OC(F)F)cc3)cc2-c2ccc(OC(F)F)cc2)cc1C. The highest BCUT2D eigenvalue weighted by Gasteiger charge is 2.15. The first-order valence-corrected chi connectivity index (χ1v) is 10.1. The van der Waals surface area contributed by atoms with Gasteiger partial charge in [0.1, 0.15) is 11.5 Å². The fraction of sp³-hybridized carbons (Fsp3) is 0.160. The van der Waals surface area contributed by atoms with Gasteiger partial charge in [-0.3, -0.25) is 0 Å². The lowest BCUT2D eigenvalue weighted by Gasteiger charge is -2.10. The van der Waals surface area contributed by atoms with Gasteiger partial charge in [-0.25, -0.2) is 4.68 Å². The van der Waals surface area contributed by atoms with E-state index in [1.807, 2.05) is 38.1 Å². The van der Waals surface area contributed by atoms with Crippen molar-refractivity contribution in [1.82, 2.24) is 9.78 Å². The molecule has 4 aromatic rings. The molecule has 1 aromatic heterocycles. The Labute approximate surface area is 188 Å². The largest absolute Gasteiger partial charge is 0.435 e. The zero-order valence-corrected chi connectivity index (χ0v) is 17.8. The average molecular weight is 456 g/mol. The highest BCUT2D eigenvalue weighted by molar-refractivity contribution is 5.71. The summed E-state index contributed by atoms with van der Waals surface area (Å²) in [5, 5.41) is 4.74. The molecule has 33 heavy (non-hydrogen) atoms. The number of rotatable bonds is 7. The van der Waals surface area contributed by atoms with Crippen LogP contribution in [0, 0.1) is 13.8 Å². The number of hydrogen-bond acceptors (Lipinski definition) is 3. The molecule has 0 aliphatic rings. The summed E-state index contributed by atoms with van der Waals surface area (Å²) in [4.78, 5) is 0. The quantitative estimate of drug-likeness (QED) is 0.280. The smallest absolute Gasteiger partial charge is 0.387 e. The van der Waals surface area contributed by atoms with Crippen molar-refractivity contribution in [3.63, 3.8) is 0 Å². The van der Waals surface area contributed by atoms with E-state index in [0.29, 0.717) is 11.3 Å². The molecule has 0 aliphatic carbocycles. The molecule has 0 amide bonds. The van der Waals surface area contributed by atoms with Crippen molar-refractivity contribution in [2.45, 2.75) is 27.1 Å². The summed E-state index contributed by atoms with van der Waals surface area (Å²) in [6.07, 6.45) is 0. The monoisotopic (exact) mass is 456 g/mol. The fourth-order valence-corrected chi connectivity index (χ4v) is 3.40. The maximum Gasteiger partial charge on any atom is 0.387 e. The molecule has 0 atom stereocenters. The van der Waals surface area contributed by atoms with Crippen LogP contribution in [0.15, 0.2) is 72.8 Å². The maximum absolute atomic E-state index is 12.5. The molecule has 0 aliphatic heterocycles. The fourth-order valence-electron chi connectivity index (χ4n) is 3.40. The number of alkyl halides is 4. The van der Waals surface area contributed by atoms with Crippen LogP contribution in [0.25, 0.3) is 28.2 Å². The molecule has 4 nitrogen and oxygen atoms in total. The predicted molar refractivity (Wildman–Crippen MR) is 117 cm³/mol. The van der Waals surface area contributed by atoms with Crippen LogP contribution < -0.4 is 9.47 Å². The van der Waals surface area contributed by atoms with Crippen molar-refractivity contribution in [2.24, 2.45) is 0 Å². The van der Waals surface area contributed by atoms with Gasteiger partial charge in [0.15, 0.2) is 0 Å². The van der Waals surface area contributed by atoms with Crippen LogP contribution >= 0.6 is 0 Å². The lowest BCUT2D eigenvalue weighted by Crippen LogP contribution is -2.02. The summed E-state index contributed by atoms with van der Waals surface area (Å²) in [5.41, 5.74) is 5.83. The Morgan fingerprint density at radius 2 is 1.21 bits per heavy atom. The Hall–Kier alpha value is -3.81. The summed E-state index contributed by atoms with van der Waals surface area (Å²) in [5.74, 6) is 0.109. The maximum atomic E-state index is 12.5. The van der Waals surface area contributed by atoms with E-state index in [9.17, 15) is 17.6 Å². The molecule has 0 unspecified atom stereocenters. The summed E-state index contributed by atoms with van der Waals surface area (Å²) in [6.45, 7) is -1.79. The van der Waals surface area contributed by atoms with Crippen LogP contribution in [0.1, 0.15) is 11.1 Å². The summed E-state index contributed by atoms with van der Waals surface area (Å²) in [7, 11) is 0. The Bertz CT molecular complexity index is 1240. The minimum Gasteiger partial charge on any atom is -0.435 e. The van der Waals surface area contributed by atoms with E-state index in [4.69, 9.17) is 5.10 Å². The Morgan fingerprint density at radius 3 is 1.73 bits per heavy atom. The minimum atomic E-state index is -2.90. The molecule has 0 radical (unpaired) electrons. The van der Waals surface area contributed by atoms with E-state index in [-0.39, 0.29) is 11.5 Å². The van der Waals surface area contributed by atoms with Crippen molar-refractivity contribution in [2.75, 3.05) is 0 Å². The average Bonchev–Trinajstić information content (AvgIpc) is 3.21. The molecular formula is C25H20F4N2O2. The standard InChI is InChI=1S/C25H20F4N2O2/c1-15-3-8-19(13-16(15)2)31-23(18-6-11-21(12-7-18)33-25(28)29)14-22(30-31)17-4-9-20(10-5-17)32-24(26)27/h3-14,24-25H,1-2H3. The second-order valence-corrected chi connectivity index (χ2v) is 7.40. The number of ether oxygens (including phenoxy) is 2. The summed E-state index contributed by atoms with van der Waals surface area (Å²) < 4.78 is 60.5. The summed E-state index contributed by atoms with van der Waals surface area (Å²) >= 11 is 0. The zero-order chi connectivity index (χ0) is 23.5. The van der Waals surface area contributed by atoms with Gasteiger partial charge in [-0.1, -0.05) is 6.07 Å². The highest BCUT2D eigenvalue weighted by atomic mass is 19.3. The first-order valence-electron chi connectivity index (χ1n) is 10.1. The van der Waals surface area contributed by atoms with Gasteiger partial charge in [0, 0.05) is 11.1 Å². The third-order valence-corrected chi connectivity index (χ3v) is 5.19. The Balaban J connectivity index is 1.77. The first kappa shape index (κ1) is 22.4. The predicted octanol–water partition coefficient (Wildman–Crippen LogP) is 7.03. The van der Waals surface area contributed by atoms with Gasteiger partial charge < -0.3 is 9.47 Å². The number of hydrogen-bond donors (Lipinski definition) is 0. The number of aryl methyl sites for hydroxylation is 2. The van der Waals surface area contributed by atoms with Crippen molar-refractivity contribution >= 4 is 0 Å². The lowest BCUT2D eigenvalue weighted by molar-refractivity contribution is -0.0505. The van der Waals surface area contributed by atoms with Crippen LogP contribution in [0.4, 0.5) is 17.6 Å². The molecule has 3 aromatic carbocycles. The number of benzene rings is 3. The van der Waals surface area contributed by atoms with Gasteiger partial charge in [0.05, 0.1) is 17.1 Å². The van der Waals surface area contributed by atoms with Crippen LogP contribution in [0.2, 0.25) is 0 Å². The van der Waals surface area contributed by atoms with E-state index in [1.165, 1.54) is 24.3 Å². The van der Waals surface area contributed by atoms with E-state index in [0.717, 1.165) is 28.1 Å². The molecule has 0 N–H and O–H groups in total. The Kier molecular flexibility index (Phi) is 6.35. The number of halogens is 4. The molecule has 1 heterocycles. The lowest BCUT2D eigenvalue weighted by atomic mass is 10.1. The molecule has 0 saturated heterocycles. The molecule has 0 spiro atoms. The van der Waals surface area contributed by atoms with E-state index in [1.54, 1.807) is 28.9 Å². The summed E-state index contributed by atoms with van der Waals surface area (Å²) in [6, 6.07) is 20.3. The van der Waals surface area contributed by atoms with Gasteiger partial charge in [-0.2, -0.15) is 22.7 Å². The van der Waals surface area contributed by atoms with Gasteiger partial charge >= 0.3 is 13.2 Å². The minimum absolute atomic E-state index is 0.0529. The van der Waals surface area contributed by atoms with E-state index >= 15 is 0 Å². The van der Waals surface area contributed by atoms with Crippen molar-refractivity contribution in [3.05, 3.63) is 83.9 Å². The number of nitrogens with zero attached hydrogens (tertiary/aromatic N) is 2. The molecular weight excluding hydrogens is 436 g/mol. The number of aromatic nitrogens is 2. The van der Waals surface area contributed by atoms with Crippen LogP contribution in [-0.2, 0) is 0 Å². The van der Waals surface area contributed by atoms with Crippen LogP contribution in [-0.4, -0.2) is 23.0 Å². The van der Waals surface area contributed by atoms with E-state index < -0.39 is 13.2 Å². The van der Waals surface area contributed by atoms with E-state index in [2.05, 4.69) is 9.47 Å². The molecule has 170 valence electrons. The molecule has 4 rings (SSSR count). The first-order chi connectivity index (χ1) is 15.8. The third kappa shape index (κ3) is 5.16.